The maximum Gasteiger partial charge on any atom is 0.0541 e. The van der Waals surface area contributed by atoms with E-state index in [-0.39, 0.29) is 6.10 Å². The second kappa shape index (κ2) is 6.88. The first-order valence-electron chi connectivity index (χ1n) is 7.85. The number of hydrogen-bond donors (Lipinski definition) is 2. The van der Waals surface area contributed by atoms with E-state index in [0.29, 0.717) is 12.1 Å². The molecule has 0 radical (unpaired) electrons. The highest BCUT2D eigenvalue weighted by molar-refractivity contribution is 4.84. The fourth-order valence-corrected chi connectivity index (χ4v) is 3.54. The summed E-state index contributed by atoms with van der Waals surface area (Å²) < 4.78 is 0. The van der Waals surface area contributed by atoms with Gasteiger partial charge in [0.25, 0.3) is 0 Å². The zero-order valence-corrected chi connectivity index (χ0v) is 12.1. The second-order valence-electron chi connectivity index (χ2n) is 6.26. The third-order valence-electron chi connectivity index (χ3n) is 4.89. The Balaban J connectivity index is 1.75. The predicted molar refractivity (Wildman–Crippen MR) is 75.7 cm³/mol. The predicted octanol–water partition coefficient (Wildman–Crippen LogP) is 2.00. The Morgan fingerprint density at radius 3 is 2.61 bits per heavy atom. The number of aliphatic hydroxyl groups is 1. The molecule has 1 aliphatic carbocycles. The van der Waals surface area contributed by atoms with Crippen molar-refractivity contribution in [2.75, 3.05) is 19.6 Å². The Kier molecular flexibility index (Phi) is 5.46. The first-order valence-corrected chi connectivity index (χ1v) is 7.85. The van der Waals surface area contributed by atoms with Gasteiger partial charge in [0, 0.05) is 18.6 Å². The number of hydrogen-bond acceptors (Lipinski definition) is 3. The maximum atomic E-state index is 9.54. The summed E-state index contributed by atoms with van der Waals surface area (Å²) in [6.45, 7) is 8.37. The minimum Gasteiger partial charge on any atom is -0.393 e. The first kappa shape index (κ1) is 14.3. The van der Waals surface area contributed by atoms with E-state index in [0.717, 1.165) is 31.6 Å². The number of rotatable bonds is 4. The largest absolute Gasteiger partial charge is 0.393 e. The van der Waals surface area contributed by atoms with E-state index in [1.807, 2.05) is 0 Å². The van der Waals surface area contributed by atoms with E-state index in [4.69, 9.17) is 0 Å². The highest BCUT2D eigenvalue weighted by atomic mass is 16.3. The Hall–Kier alpha value is -0.120. The van der Waals surface area contributed by atoms with Crippen molar-refractivity contribution in [3.05, 3.63) is 0 Å². The first-order chi connectivity index (χ1) is 8.69. The van der Waals surface area contributed by atoms with Gasteiger partial charge in [-0.2, -0.15) is 0 Å². The number of piperidine rings is 1. The van der Waals surface area contributed by atoms with E-state index in [1.165, 1.54) is 32.5 Å². The summed E-state index contributed by atoms with van der Waals surface area (Å²) in [5.74, 6) is 0.811. The molecular formula is C15H30N2O. The van der Waals surface area contributed by atoms with Crippen LogP contribution < -0.4 is 5.32 Å². The van der Waals surface area contributed by atoms with Gasteiger partial charge in [0.05, 0.1) is 6.10 Å². The molecule has 1 aliphatic heterocycles. The van der Waals surface area contributed by atoms with E-state index in [1.54, 1.807) is 0 Å². The molecule has 2 unspecified atom stereocenters. The number of aliphatic hydroxyl groups excluding tert-OH is 1. The monoisotopic (exact) mass is 254 g/mol. The topological polar surface area (TPSA) is 35.5 Å². The zero-order chi connectivity index (χ0) is 13.0. The minimum atomic E-state index is -0.0383. The molecular weight excluding hydrogens is 224 g/mol. The van der Waals surface area contributed by atoms with Crippen LogP contribution in [0.2, 0.25) is 0 Å². The lowest BCUT2D eigenvalue weighted by molar-refractivity contribution is 0.105. The van der Waals surface area contributed by atoms with Crippen molar-refractivity contribution in [1.82, 2.24) is 10.2 Å². The zero-order valence-electron chi connectivity index (χ0n) is 12.1. The van der Waals surface area contributed by atoms with E-state index < -0.39 is 0 Å². The molecule has 0 aromatic heterocycles. The van der Waals surface area contributed by atoms with Crippen molar-refractivity contribution in [2.24, 2.45) is 5.92 Å². The van der Waals surface area contributed by atoms with Gasteiger partial charge in [0.2, 0.25) is 0 Å². The minimum absolute atomic E-state index is 0.0383. The average molecular weight is 254 g/mol. The third-order valence-corrected chi connectivity index (χ3v) is 4.89. The van der Waals surface area contributed by atoms with Gasteiger partial charge >= 0.3 is 0 Å². The summed E-state index contributed by atoms with van der Waals surface area (Å²) in [6.07, 6.45) is 6.95. The van der Waals surface area contributed by atoms with Crippen LogP contribution in [0.5, 0.6) is 0 Å². The number of nitrogens with one attached hydrogen (secondary N) is 1. The summed E-state index contributed by atoms with van der Waals surface area (Å²) in [7, 11) is 0. The Morgan fingerprint density at radius 1 is 1.22 bits per heavy atom. The molecule has 2 rings (SSSR count). The fraction of sp³-hybridized carbons (Fsp3) is 1.00. The molecule has 1 heterocycles. The number of nitrogens with zero attached hydrogens (tertiary/aromatic N) is 1. The van der Waals surface area contributed by atoms with Crippen molar-refractivity contribution in [2.45, 2.75) is 70.6 Å². The van der Waals surface area contributed by atoms with Crippen molar-refractivity contribution >= 4 is 0 Å². The van der Waals surface area contributed by atoms with Crippen molar-refractivity contribution in [1.29, 1.82) is 0 Å². The molecule has 1 saturated heterocycles. The van der Waals surface area contributed by atoms with Crippen molar-refractivity contribution in [3.63, 3.8) is 0 Å². The molecule has 2 N–H and O–H groups in total. The normalized spacial score (nSPS) is 36.5. The van der Waals surface area contributed by atoms with Gasteiger partial charge in [0.15, 0.2) is 0 Å². The van der Waals surface area contributed by atoms with Gasteiger partial charge in [-0.05, 0) is 64.5 Å². The molecule has 3 heteroatoms. The van der Waals surface area contributed by atoms with Crippen LogP contribution >= 0.6 is 0 Å². The van der Waals surface area contributed by atoms with Crippen LogP contribution in [-0.2, 0) is 0 Å². The second-order valence-corrected chi connectivity index (χ2v) is 6.26. The van der Waals surface area contributed by atoms with Crippen molar-refractivity contribution in [3.8, 4) is 0 Å². The van der Waals surface area contributed by atoms with E-state index in [9.17, 15) is 5.11 Å². The molecule has 3 nitrogen and oxygen atoms in total. The molecule has 0 aromatic rings. The summed E-state index contributed by atoms with van der Waals surface area (Å²) in [6, 6.07) is 1.26. The Labute approximate surface area is 112 Å². The van der Waals surface area contributed by atoms with Crippen LogP contribution in [0.25, 0.3) is 0 Å². The quantitative estimate of drug-likeness (QED) is 0.805. The standard InChI is InChI=1S/C15H30N2O/c1-3-17-10-4-5-13(11-17)12(2)16-14-6-8-15(18)9-7-14/h12-16,18H,3-11H2,1-2H3. The SMILES string of the molecule is CCN1CCCC(C(C)NC2CCC(O)CC2)C1. The summed E-state index contributed by atoms with van der Waals surface area (Å²) in [5.41, 5.74) is 0. The summed E-state index contributed by atoms with van der Waals surface area (Å²) in [5, 5.41) is 13.4. The molecule has 0 amide bonds. The Bertz CT molecular complexity index is 239. The lowest BCUT2D eigenvalue weighted by Crippen LogP contribution is -2.48. The van der Waals surface area contributed by atoms with Crippen LogP contribution in [0.3, 0.4) is 0 Å². The van der Waals surface area contributed by atoms with Gasteiger partial charge in [0.1, 0.15) is 0 Å². The summed E-state index contributed by atoms with van der Waals surface area (Å²) >= 11 is 0. The van der Waals surface area contributed by atoms with Crippen LogP contribution in [0.4, 0.5) is 0 Å². The maximum absolute atomic E-state index is 9.54. The van der Waals surface area contributed by atoms with Crippen LogP contribution in [-0.4, -0.2) is 47.8 Å². The lowest BCUT2D eigenvalue weighted by Gasteiger charge is -2.38. The van der Waals surface area contributed by atoms with Crippen LogP contribution in [0.1, 0.15) is 52.4 Å². The van der Waals surface area contributed by atoms with Crippen LogP contribution in [0, 0.1) is 5.92 Å². The highest BCUT2D eigenvalue weighted by Crippen LogP contribution is 2.23. The lowest BCUT2D eigenvalue weighted by atomic mass is 9.88. The summed E-state index contributed by atoms with van der Waals surface area (Å²) in [4.78, 5) is 2.58. The highest BCUT2D eigenvalue weighted by Gasteiger charge is 2.27. The van der Waals surface area contributed by atoms with Gasteiger partial charge in [-0.3, -0.25) is 0 Å². The van der Waals surface area contributed by atoms with E-state index >= 15 is 0 Å². The smallest absolute Gasteiger partial charge is 0.0541 e. The van der Waals surface area contributed by atoms with Gasteiger partial charge < -0.3 is 15.3 Å². The average Bonchev–Trinajstić information content (AvgIpc) is 2.41. The van der Waals surface area contributed by atoms with Crippen LogP contribution in [0.15, 0.2) is 0 Å². The molecule has 18 heavy (non-hydrogen) atoms. The van der Waals surface area contributed by atoms with Gasteiger partial charge in [-0.25, -0.2) is 0 Å². The van der Waals surface area contributed by atoms with Gasteiger partial charge in [-0.1, -0.05) is 6.92 Å². The molecule has 2 aliphatic rings. The molecule has 0 bridgehead atoms. The van der Waals surface area contributed by atoms with Gasteiger partial charge in [-0.15, -0.1) is 0 Å². The van der Waals surface area contributed by atoms with Crippen molar-refractivity contribution < 1.29 is 5.11 Å². The Morgan fingerprint density at radius 2 is 1.94 bits per heavy atom. The molecule has 1 saturated carbocycles. The molecule has 106 valence electrons. The fourth-order valence-electron chi connectivity index (χ4n) is 3.54. The third kappa shape index (κ3) is 3.94. The van der Waals surface area contributed by atoms with E-state index in [2.05, 4.69) is 24.1 Å². The number of likely N-dealkylation sites (tertiary alicyclic amines) is 1. The molecule has 2 atom stereocenters. The molecule has 2 fully saturated rings. The molecule has 0 spiro atoms. The molecule has 0 aromatic carbocycles.